The molecule has 2 amide bonds. The van der Waals surface area contributed by atoms with Gasteiger partial charge in [0, 0.05) is 35.2 Å². The van der Waals surface area contributed by atoms with Gasteiger partial charge in [-0.05, 0) is 48.6 Å². The fourth-order valence-corrected chi connectivity index (χ4v) is 4.97. The summed E-state index contributed by atoms with van der Waals surface area (Å²) >= 11 is 1.36. The summed E-state index contributed by atoms with van der Waals surface area (Å²) in [7, 11) is 0. The molecule has 2 aromatic carbocycles. The molecule has 10 heteroatoms. The molecule has 0 radical (unpaired) electrons. The van der Waals surface area contributed by atoms with Crippen molar-refractivity contribution in [3.05, 3.63) is 85.9 Å². The second kappa shape index (κ2) is 12.0. The van der Waals surface area contributed by atoms with Gasteiger partial charge >= 0.3 is 0 Å². The highest BCUT2D eigenvalue weighted by Gasteiger charge is 2.29. The van der Waals surface area contributed by atoms with Gasteiger partial charge in [-0.1, -0.05) is 38.8 Å². The Bertz CT molecular complexity index is 1240. The van der Waals surface area contributed by atoms with Crippen LogP contribution in [-0.4, -0.2) is 33.8 Å². The van der Waals surface area contributed by atoms with E-state index in [-0.39, 0.29) is 36.2 Å². The Balaban J connectivity index is 1.32. The molecule has 3 aromatic rings. The Hall–Kier alpha value is -3.79. The maximum atomic E-state index is 12.9. The number of benzene rings is 2. The third kappa shape index (κ3) is 6.91. The molecule has 2 N–H and O–H groups in total. The van der Waals surface area contributed by atoms with Crippen LogP contribution in [0.15, 0.2) is 53.9 Å². The first-order chi connectivity index (χ1) is 17.8. The van der Waals surface area contributed by atoms with Crippen LogP contribution >= 0.6 is 11.3 Å². The Morgan fingerprint density at radius 1 is 1.03 bits per heavy atom. The van der Waals surface area contributed by atoms with E-state index in [0.717, 1.165) is 31.4 Å². The molecule has 1 heterocycles. The van der Waals surface area contributed by atoms with Gasteiger partial charge in [0.25, 0.3) is 17.5 Å². The van der Waals surface area contributed by atoms with E-state index in [1.54, 1.807) is 5.38 Å². The lowest BCUT2D eigenvalue weighted by molar-refractivity contribution is -0.384. The van der Waals surface area contributed by atoms with E-state index >= 15 is 0 Å². The van der Waals surface area contributed by atoms with Gasteiger partial charge in [-0.25, -0.2) is 4.98 Å². The number of hydrogen-bond acceptors (Lipinski definition) is 7. The van der Waals surface area contributed by atoms with Gasteiger partial charge in [0.1, 0.15) is 23.1 Å². The monoisotopic (exact) mass is 522 g/mol. The molecule has 2 atom stereocenters. The number of nitrogens with zero attached hydrogens (tertiary/aromatic N) is 2. The normalized spacial score (nSPS) is 17.3. The van der Waals surface area contributed by atoms with Crippen molar-refractivity contribution in [3.63, 3.8) is 0 Å². The summed E-state index contributed by atoms with van der Waals surface area (Å²) in [5.41, 5.74) is 1.83. The minimum atomic E-state index is -0.506. The Kier molecular flexibility index (Phi) is 8.50. The van der Waals surface area contributed by atoms with Gasteiger partial charge in [-0.3, -0.25) is 19.7 Å². The van der Waals surface area contributed by atoms with Gasteiger partial charge in [0.15, 0.2) is 0 Å². The maximum absolute atomic E-state index is 12.9. The molecule has 0 bridgehead atoms. The Labute approximate surface area is 219 Å². The molecule has 1 fully saturated rings. The Morgan fingerprint density at radius 3 is 2.24 bits per heavy atom. The van der Waals surface area contributed by atoms with Crippen LogP contribution in [0.25, 0.3) is 0 Å². The zero-order valence-corrected chi connectivity index (χ0v) is 21.6. The molecule has 1 aliphatic rings. The number of thiazole rings is 1. The number of nitro benzene ring substituents is 1. The topological polar surface area (TPSA) is 123 Å². The molecular formula is C27H30N4O5S. The van der Waals surface area contributed by atoms with E-state index in [4.69, 9.17) is 4.74 Å². The fraction of sp³-hybridized carbons (Fsp3) is 0.370. The molecular weight excluding hydrogens is 492 g/mol. The van der Waals surface area contributed by atoms with E-state index in [1.807, 2.05) is 24.3 Å². The van der Waals surface area contributed by atoms with Gasteiger partial charge in [0.2, 0.25) is 0 Å². The van der Waals surface area contributed by atoms with Crippen LogP contribution in [0.2, 0.25) is 0 Å². The summed E-state index contributed by atoms with van der Waals surface area (Å²) in [6.45, 7) is 4.55. The van der Waals surface area contributed by atoms with Crippen LogP contribution in [0.3, 0.4) is 0 Å². The van der Waals surface area contributed by atoms with Crippen molar-refractivity contribution < 1.29 is 19.2 Å². The molecule has 1 saturated carbocycles. The third-order valence-corrected chi connectivity index (χ3v) is 7.26. The number of rotatable bonds is 9. The second-order valence-corrected chi connectivity index (χ2v) is 10.3. The molecule has 0 aliphatic heterocycles. The van der Waals surface area contributed by atoms with E-state index in [1.165, 1.54) is 41.2 Å². The molecule has 1 aliphatic carbocycles. The lowest BCUT2D eigenvalue weighted by Crippen LogP contribution is -2.53. The molecule has 0 spiro atoms. The highest BCUT2D eigenvalue weighted by Crippen LogP contribution is 2.22. The Morgan fingerprint density at radius 2 is 1.65 bits per heavy atom. The minimum Gasteiger partial charge on any atom is -0.486 e. The van der Waals surface area contributed by atoms with Crippen molar-refractivity contribution in [2.24, 2.45) is 0 Å². The number of carbonyl (C=O) groups is 2. The van der Waals surface area contributed by atoms with Crippen LogP contribution in [0.4, 0.5) is 5.69 Å². The van der Waals surface area contributed by atoms with Crippen molar-refractivity contribution in [1.29, 1.82) is 0 Å². The summed E-state index contributed by atoms with van der Waals surface area (Å²) in [4.78, 5) is 40.4. The van der Waals surface area contributed by atoms with Gasteiger partial charge in [-0.2, -0.15) is 0 Å². The number of ether oxygens (including phenoxy) is 1. The number of aromatic nitrogens is 1. The first kappa shape index (κ1) is 26.3. The zero-order valence-electron chi connectivity index (χ0n) is 20.8. The van der Waals surface area contributed by atoms with Gasteiger partial charge in [-0.15, -0.1) is 11.3 Å². The quantitative estimate of drug-likeness (QED) is 0.293. The van der Waals surface area contributed by atoms with Crippen LogP contribution < -0.4 is 15.4 Å². The largest absolute Gasteiger partial charge is 0.486 e. The number of non-ortho nitro benzene ring substituents is 1. The van der Waals surface area contributed by atoms with E-state index in [2.05, 4.69) is 29.5 Å². The standard InChI is InChI=1S/C27H30N4O5S/c1-17(2)18-9-13-21(14-10-18)36-15-25-28-24(16-37-25)27(33)30-23-6-4-3-5-22(23)29-26(32)19-7-11-20(12-8-19)31(34)35/h7-14,16-17,22-23H,3-6,15H2,1-2H3,(H,29,32)(H,30,33). The number of nitrogens with one attached hydrogen (secondary N) is 2. The van der Waals surface area contributed by atoms with Crippen LogP contribution in [0.5, 0.6) is 5.75 Å². The highest BCUT2D eigenvalue weighted by molar-refractivity contribution is 7.09. The summed E-state index contributed by atoms with van der Waals surface area (Å²) in [6.07, 6.45) is 3.35. The summed E-state index contributed by atoms with van der Waals surface area (Å²) in [5.74, 6) is 0.591. The van der Waals surface area contributed by atoms with E-state index in [9.17, 15) is 19.7 Å². The second-order valence-electron chi connectivity index (χ2n) is 9.39. The van der Waals surface area contributed by atoms with Gasteiger partial charge in [0.05, 0.1) is 4.92 Å². The molecule has 0 saturated heterocycles. The minimum absolute atomic E-state index is 0.0728. The number of carbonyl (C=O) groups excluding carboxylic acids is 2. The fourth-order valence-electron chi connectivity index (χ4n) is 4.28. The van der Waals surface area contributed by atoms with Crippen molar-refractivity contribution >= 4 is 28.8 Å². The maximum Gasteiger partial charge on any atom is 0.271 e. The van der Waals surface area contributed by atoms with Crippen molar-refractivity contribution in [3.8, 4) is 5.75 Å². The summed E-state index contributed by atoms with van der Waals surface area (Å²) in [6, 6.07) is 13.0. The van der Waals surface area contributed by atoms with Crippen molar-refractivity contribution in [2.45, 2.75) is 64.1 Å². The first-order valence-electron chi connectivity index (χ1n) is 12.3. The molecule has 37 heavy (non-hydrogen) atoms. The van der Waals surface area contributed by atoms with Crippen molar-refractivity contribution in [1.82, 2.24) is 15.6 Å². The molecule has 1 aromatic heterocycles. The smallest absolute Gasteiger partial charge is 0.271 e. The third-order valence-electron chi connectivity index (χ3n) is 6.43. The van der Waals surface area contributed by atoms with Gasteiger partial charge < -0.3 is 15.4 Å². The van der Waals surface area contributed by atoms with Crippen LogP contribution in [0.1, 0.15) is 76.9 Å². The molecule has 9 nitrogen and oxygen atoms in total. The highest BCUT2D eigenvalue weighted by atomic mass is 32.1. The first-order valence-corrected chi connectivity index (χ1v) is 13.2. The molecule has 2 unspecified atom stereocenters. The SMILES string of the molecule is CC(C)c1ccc(OCc2nc(C(=O)NC3CCCCC3NC(=O)c3ccc([N+](=O)[O-])cc3)cs2)cc1. The lowest BCUT2D eigenvalue weighted by atomic mass is 9.90. The van der Waals surface area contributed by atoms with E-state index in [0.29, 0.717) is 22.2 Å². The summed E-state index contributed by atoms with van der Waals surface area (Å²) in [5, 5.41) is 19.3. The van der Waals surface area contributed by atoms with Crippen LogP contribution in [-0.2, 0) is 6.61 Å². The zero-order chi connectivity index (χ0) is 26.4. The number of hydrogen-bond donors (Lipinski definition) is 2. The van der Waals surface area contributed by atoms with Crippen LogP contribution in [0, 0.1) is 10.1 Å². The number of nitro groups is 1. The number of amides is 2. The summed E-state index contributed by atoms with van der Waals surface area (Å²) < 4.78 is 5.82. The molecule has 194 valence electrons. The lowest BCUT2D eigenvalue weighted by Gasteiger charge is -2.32. The predicted molar refractivity (Wildman–Crippen MR) is 141 cm³/mol. The molecule has 4 rings (SSSR count). The van der Waals surface area contributed by atoms with Crippen molar-refractivity contribution in [2.75, 3.05) is 0 Å². The average Bonchev–Trinajstić information content (AvgIpc) is 3.38. The average molecular weight is 523 g/mol. The predicted octanol–water partition coefficient (Wildman–Crippen LogP) is 5.22. The van der Waals surface area contributed by atoms with E-state index < -0.39 is 4.92 Å².